The molecule has 0 spiro atoms. The predicted octanol–water partition coefficient (Wildman–Crippen LogP) is 2.49. The van der Waals surface area contributed by atoms with Gasteiger partial charge in [-0.25, -0.2) is 4.39 Å². The average molecular weight is 248 g/mol. The molecule has 0 aliphatic carbocycles. The van der Waals surface area contributed by atoms with Gasteiger partial charge in [-0.3, -0.25) is 9.59 Å². The fourth-order valence-corrected chi connectivity index (χ4v) is 1.36. The summed E-state index contributed by atoms with van der Waals surface area (Å²) in [4.78, 5) is 21.9. The molecule has 2 rings (SSSR count). The maximum absolute atomic E-state index is 13.4. The Hall–Kier alpha value is -2.43. The quantitative estimate of drug-likeness (QED) is 0.602. The van der Waals surface area contributed by atoms with Crippen molar-refractivity contribution in [1.29, 1.82) is 0 Å². The van der Waals surface area contributed by atoms with Crippen molar-refractivity contribution >= 4 is 12.1 Å². The van der Waals surface area contributed by atoms with E-state index in [0.717, 1.165) is 6.07 Å². The monoisotopic (exact) mass is 248 g/mol. The molecule has 0 saturated heterocycles. The van der Waals surface area contributed by atoms with E-state index in [4.69, 9.17) is 9.15 Å². The Morgan fingerprint density at radius 2 is 2.22 bits per heavy atom. The highest BCUT2D eigenvalue weighted by Gasteiger charge is 2.11. The van der Waals surface area contributed by atoms with Crippen molar-refractivity contribution in [2.75, 3.05) is 6.61 Å². The zero-order valence-corrected chi connectivity index (χ0v) is 9.26. The molecular weight excluding hydrogens is 239 g/mol. The SMILES string of the molecule is O=Cc1ccc(OCC(=O)c2ccco2)c(F)c1. The molecule has 0 unspecified atom stereocenters. The molecule has 0 fully saturated rings. The van der Waals surface area contributed by atoms with Crippen molar-refractivity contribution in [3.63, 3.8) is 0 Å². The summed E-state index contributed by atoms with van der Waals surface area (Å²) in [7, 11) is 0. The summed E-state index contributed by atoms with van der Waals surface area (Å²) in [5, 5.41) is 0. The Morgan fingerprint density at radius 3 is 2.83 bits per heavy atom. The van der Waals surface area contributed by atoms with E-state index in [1.807, 2.05) is 0 Å². The lowest BCUT2D eigenvalue weighted by Gasteiger charge is -2.05. The maximum atomic E-state index is 13.4. The van der Waals surface area contributed by atoms with Crippen molar-refractivity contribution in [2.45, 2.75) is 0 Å². The number of carbonyl (C=O) groups excluding carboxylic acids is 2. The molecule has 0 atom stereocenters. The van der Waals surface area contributed by atoms with Crippen molar-refractivity contribution < 1.29 is 23.1 Å². The molecule has 1 aromatic carbocycles. The van der Waals surface area contributed by atoms with Gasteiger partial charge in [0, 0.05) is 5.56 Å². The first-order chi connectivity index (χ1) is 8.70. The summed E-state index contributed by atoms with van der Waals surface area (Å²) in [6.45, 7) is -0.329. The van der Waals surface area contributed by atoms with Crippen LogP contribution in [0.1, 0.15) is 20.9 Å². The van der Waals surface area contributed by atoms with E-state index < -0.39 is 5.82 Å². The van der Waals surface area contributed by atoms with Crippen LogP contribution in [-0.2, 0) is 0 Å². The summed E-state index contributed by atoms with van der Waals surface area (Å²) < 4.78 is 23.3. The van der Waals surface area contributed by atoms with Gasteiger partial charge in [-0.2, -0.15) is 0 Å². The number of aldehydes is 1. The fourth-order valence-electron chi connectivity index (χ4n) is 1.36. The van der Waals surface area contributed by atoms with Gasteiger partial charge in [0.1, 0.15) is 6.29 Å². The molecule has 4 nitrogen and oxygen atoms in total. The van der Waals surface area contributed by atoms with Crippen molar-refractivity contribution in [2.24, 2.45) is 0 Å². The Labute approximate surface area is 102 Å². The second-order valence-corrected chi connectivity index (χ2v) is 3.50. The van der Waals surface area contributed by atoms with E-state index >= 15 is 0 Å². The van der Waals surface area contributed by atoms with Crippen molar-refractivity contribution in [3.8, 4) is 5.75 Å². The van der Waals surface area contributed by atoms with Gasteiger partial charge in [0.25, 0.3) is 0 Å². The summed E-state index contributed by atoms with van der Waals surface area (Å²) in [6.07, 6.45) is 1.90. The van der Waals surface area contributed by atoms with Crippen molar-refractivity contribution in [1.82, 2.24) is 0 Å². The van der Waals surface area contributed by atoms with Gasteiger partial charge in [-0.15, -0.1) is 0 Å². The van der Waals surface area contributed by atoms with Crippen LogP contribution >= 0.6 is 0 Å². The summed E-state index contributed by atoms with van der Waals surface area (Å²) >= 11 is 0. The van der Waals surface area contributed by atoms with E-state index in [9.17, 15) is 14.0 Å². The molecule has 0 bridgehead atoms. The van der Waals surface area contributed by atoms with E-state index in [1.165, 1.54) is 24.5 Å². The number of furan rings is 1. The van der Waals surface area contributed by atoms with Gasteiger partial charge in [0.2, 0.25) is 5.78 Å². The van der Waals surface area contributed by atoms with Gasteiger partial charge in [-0.05, 0) is 30.3 Å². The highest BCUT2D eigenvalue weighted by Crippen LogP contribution is 2.18. The number of rotatable bonds is 5. The molecular formula is C13H9FO4. The van der Waals surface area contributed by atoms with Crippen molar-refractivity contribution in [3.05, 3.63) is 53.7 Å². The number of hydrogen-bond donors (Lipinski definition) is 0. The van der Waals surface area contributed by atoms with Crippen LogP contribution in [0.15, 0.2) is 41.0 Å². The lowest BCUT2D eigenvalue weighted by Crippen LogP contribution is -2.11. The molecule has 0 aliphatic rings. The smallest absolute Gasteiger partial charge is 0.235 e. The van der Waals surface area contributed by atoms with Crippen LogP contribution in [0.25, 0.3) is 0 Å². The third-order valence-electron chi connectivity index (χ3n) is 2.25. The molecule has 0 radical (unpaired) electrons. The normalized spacial score (nSPS) is 10.1. The Kier molecular flexibility index (Phi) is 3.52. The maximum Gasteiger partial charge on any atom is 0.235 e. The molecule has 1 aromatic heterocycles. The number of hydrogen-bond acceptors (Lipinski definition) is 4. The Balaban J connectivity index is 2.02. The second kappa shape index (κ2) is 5.27. The minimum Gasteiger partial charge on any atom is -0.482 e. The van der Waals surface area contributed by atoms with E-state index in [1.54, 1.807) is 6.07 Å². The van der Waals surface area contributed by atoms with E-state index in [2.05, 4.69) is 0 Å². The number of carbonyl (C=O) groups is 2. The molecule has 92 valence electrons. The average Bonchev–Trinajstić information content (AvgIpc) is 2.90. The van der Waals surface area contributed by atoms with Gasteiger partial charge >= 0.3 is 0 Å². The number of Topliss-reactive ketones (excluding diaryl/α,β-unsaturated/α-hetero) is 1. The molecule has 0 saturated carbocycles. The first kappa shape index (κ1) is 12.0. The van der Waals surface area contributed by atoms with Gasteiger partial charge in [0.15, 0.2) is 23.9 Å². The van der Waals surface area contributed by atoms with Crippen LogP contribution < -0.4 is 4.74 Å². The minimum atomic E-state index is -0.688. The number of ether oxygens (including phenoxy) is 1. The van der Waals surface area contributed by atoms with Crippen LogP contribution in [-0.4, -0.2) is 18.7 Å². The van der Waals surface area contributed by atoms with E-state index in [0.29, 0.717) is 6.29 Å². The lowest BCUT2D eigenvalue weighted by atomic mass is 10.2. The standard InChI is InChI=1S/C13H9FO4/c14-10-6-9(7-15)3-4-12(10)18-8-11(16)13-2-1-5-17-13/h1-7H,8H2. The van der Waals surface area contributed by atoms with Gasteiger partial charge < -0.3 is 9.15 Å². The highest BCUT2D eigenvalue weighted by molar-refractivity contribution is 5.94. The Morgan fingerprint density at radius 1 is 1.39 bits per heavy atom. The first-order valence-corrected chi connectivity index (χ1v) is 5.15. The second-order valence-electron chi connectivity index (χ2n) is 3.50. The largest absolute Gasteiger partial charge is 0.482 e. The molecule has 5 heteroatoms. The van der Waals surface area contributed by atoms with Crippen LogP contribution in [0, 0.1) is 5.82 Å². The predicted molar refractivity (Wildman–Crippen MR) is 60.3 cm³/mol. The van der Waals surface area contributed by atoms with Gasteiger partial charge in [-0.1, -0.05) is 0 Å². The number of ketones is 1. The molecule has 0 N–H and O–H groups in total. The topological polar surface area (TPSA) is 56.5 Å². The third kappa shape index (κ3) is 2.63. The third-order valence-corrected chi connectivity index (χ3v) is 2.25. The van der Waals surface area contributed by atoms with Crippen LogP contribution in [0.5, 0.6) is 5.75 Å². The van der Waals surface area contributed by atoms with Crippen LogP contribution in [0.2, 0.25) is 0 Å². The zero-order chi connectivity index (χ0) is 13.0. The molecule has 0 amide bonds. The lowest BCUT2D eigenvalue weighted by molar-refractivity contribution is 0.0890. The number of halogens is 1. The van der Waals surface area contributed by atoms with Crippen LogP contribution in [0.4, 0.5) is 4.39 Å². The Bertz CT molecular complexity index is 560. The summed E-state index contributed by atoms with van der Waals surface area (Å²) in [5.74, 6) is -1.01. The number of benzene rings is 1. The summed E-state index contributed by atoms with van der Waals surface area (Å²) in [6, 6.07) is 6.82. The zero-order valence-electron chi connectivity index (χ0n) is 9.26. The van der Waals surface area contributed by atoms with Gasteiger partial charge in [0.05, 0.1) is 6.26 Å². The molecule has 2 aromatic rings. The summed E-state index contributed by atoms with van der Waals surface area (Å²) in [5.41, 5.74) is 0.206. The highest BCUT2D eigenvalue weighted by atomic mass is 19.1. The first-order valence-electron chi connectivity index (χ1n) is 5.15. The fraction of sp³-hybridized carbons (Fsp3) is 0.0769. The van der Waals surface area contributed by atoms with E-state index in [-0.39, 0.29) is 29.5 Å². The molecule has 18 heavy (non-hydrogen) atoms. The molecule has 0 aliphatic heterocycles. The molecule has 1 heterocycles. The minimum absolute atomic E-state index is 0.0829. The van der Waals surface area contributed by atoms with Crippen LogP contribution in [0.3, 0.4) is 0 Å².